The van der Waals surface area contributed by atoms with Crippen molar-refractivity contribution in [3.63, 3.8) is 0 Å². The molecular weight excluding hydrogens is 620 g/mol. The highest BCUT2D eigenvalue weighted by Gasteiger charge is 2.34. The fourth-order valence-electron chi connectivity index (χ4n) is 4.38. The van der Waals surface area contributed by atoms with Crippen molar-refractivity contribution in [1.82, 2.24) is 4.57 Å². The molecule has 0 unspecified atom stereocenters. The Morgan fingerprint density at radius 2 is 1.78 bits per heavy atom. The number of esters is 1. The number of aliphatic carboxylic acids is 1. The molecular formula is C28H27BrN2O9S. The van der Waals surface area contributed by atoms with Crippen LogP contribution in [0.3, 0.4) is 0 Å². The molecule has 1 aromatic heterocycles. The molecule has 1 N–H and O–H groups in total. The van der Waals surface area contributed by atoms with E-state index in [0.717, 1.165) is 0 Å². The van der Waals surface area contributed by atoms with E-state index in [9.17, 15) is 14.4 Å². The summed E-state index contributed by atoms with van der Waals surface area (Å²) in [7, 11) is 4.45. The van der Waals surface area contributed by atoms with E-state index in [-0.39, 0.29) is 17.7 Å². The third kappa shape index (κ3) is 6.00. The van der Waals surface area contributed by atoms with Crippen LogP contribution in [0, 0.1) is 0 Å². The molecule has 11 nitrogen and oxygen atoms in total. The quantitative estimate of drug-likeness (QED) is 0.330. The number of hydrogen-bond acceptors (Lipinski definition) is 10. The SMILES string of the molecule is CCOC(=O)C1=C(C)N=c2s/c(=C/c3ccc(OCC(=O)O)c(Br)c3)c(=O)n2[C@@H]1c1cc(OC)c(OC)c(OC)c1. The maximum atomic E-state index is 13.9. The first kappa shape index (κ1) is 29.9. The summed E-state index contributed by atoms with van der Waals surface area (Å²) in [4.78, 5) is 42.9. The number of methoxy groups -OCH3 is 3. The van der Waals surface area contributed by atoms with Crippen LogP contribution in [0.1, 0.15) is 31.0 Å². The average Bonchev–Trinajstić information content (AvgIpc) is 3.24. The summed E-state index contributed by atoms with van der Waals surface area (Å²) < 4.78 is 29.5. The van der Waals surface area contributed by atoms with Crippen molar-refractivity contribution in [2.24, 2.45) is 4.99 Å². The van der Waals surface area contributed by atoms with Gasteiger partial charge in [0.05, 0.1) is 54.3 Å². The summed E-state index contributed by atoms with van der Waals surface area (Å²) in [5.41, 5.74) is 1.45. The van der Waals surface area contributed by atoms with Crippen LogP contribution in [-0.4, -0.2) is 56.2 Å². The molecule has 2 heterocycles. The van der Waals surface area contributed by atoms with Crippen molar-refractivity contribution in [3.8, 4) is 23.0 Å². The van der Waals surface area contributed by atoms with E-state index in [1.165, 1.54) is 37.2 Å². The van der Waals surface area contributed by atoms with Gasteiger partial charge in [0.2, 0.25) is 5.75 Å². The van der Waals surface area contributed by atoms with E-state index in [0.29, 0.717) is 53.6 Å². The Labute approximate surface area is 247 Å². The van der Waals surface area contributed by atoms with E-state index >= 15 is 0 Å². The Hall–Kier alpha value is -4.10. The van der Waals surface area contributed by atoms with Crippen LogP contribution >= 0.6 is 27.3 Å². The largest absolute Gasteiger partial charge is 0.493 e. The van der Waals surface area contributed by atoms with Gasteiger partial charge in [-0.05, 0) is 71.2 Å². The van der Waals surface area contributed by atoms with Crippen LogP contribution in [0.5, 0.6) is 23.0 Å². The lowest BCUT2D eigenvalue weighted by Crippen LogP contribution is -2.40. The van der Waals surface area contributed by atoms with Crippen molar-refractivity contribution in [2.45, 2.75) is 19.9 Å². The number of aromatic nitrogens is 1. The lowest BCUT2D eigenvalue weighted by Gasteiger charge is -2.26. The van der Waals surface area contributed by atoms with E-state index in [4.69, 9.17) is 28.8 Å². The number of thiazole rings is 1. The van der Waals surface area contributed by atoms with Gasteiger partial charge in [0.25, 0.3) is 5.56 Å². The highest BCUT2D eigenvalue weighted by Crippen LogP contribution is 2.42. The Kier molecular flexibility index (Phi) is 9.18. The maximum absolute atomic E-state index is 13.9. The maximum Gasteiger partial charge on any atom is 0.341 e. The molecule has 0 radical (unpaired) electrons. The number of carboxylic acids is 1. The second-order valence-corrected chi connectivity index (χ2v) is 10.5. The molecule has 0 aliphatic carbocycles. The molecule has 216 valence electrons. The number of carbonyl (C=O) groups is 2. The highest BCUT2D eigenvalue weighted by molar-refractivity contribution is 9.10. The number of halogens is 1. The molecule has 1 aliphatic heterocycles. The number of rotatable bonds is 10. The van der Waals surface area contributed by atoms with Gasteiger partial charge in [0.15, 0.2) is 22.9 Å². The number of carboxylic acid groups (broad SMARTS) is 1. The number of allylic oxidation sites excluding steroid dienone is 1. The summed E-state index contributed by atoms with van der Waals surface area (Å²) >= 11 is 4.55. The van der Waals surface area contributed by atoms with Gasteiger partial charge >= 0.3 is 11.9 Å². The minimum atomic E-state index is -1.10. The van der Waals surface area contributed by atoms with Crippen molar-refractivity contribution in [3.05, 3.63) is 76.9 Å². The van der Waals surface area contributed by atoms with Crippen molar-refractivity contribution >= 4 is 45.3 Å². The second-order valence-electron chi connectivity index (χ2n) is 8.63. The first-order valence-corrected chi connectivity index (χ1v) is 13.9. The lowest BCUT2D eigenvalue weighted by atomic mass is 9.95. The third-order valence-electron chi connectivity index (χ3n) is 6.12. The minimum absolute atomic E-state index is 0.142. The Morgan fingerprint density at radius 3 is 2.34 bits per heavy atom. The summed E-state index contributed by atoms with van der Waals surface area (Å²) in [6.45, 7) is 3.05. The number of benzene rings is 2. The number of nitrogens with zero attached hydrogens (tertiary/aromatic N) is 2. The van der Waals surface area contributed by atoms with Gasteiger partial charge in [-0.25, -0.2) is 14.6 Å². The highest BCUT2D eigenvalue weighted by atomic mass is 79.9. The van der Waals surface area contributed by atoms with Crippen molar-refractivity contribution < 1.29 is 38.4 Å². The van der Waals surface area contributed by atoms with E-state index < -0.39 is 24.6 Å². The van der Waals surface area contributed by atoms with Gasteiger partial charge in [-0.15, -0.1) is 0 Å². The monoisotopic (exact) mass is 646 g/mol. The molecule has 1 aliphatic rings. The number of hydrogen-bond donors (Lipinski definition) is 1. The zero-order chi connectivity index (χ0) is 29.8. The lowest BCUT2D eigenvalue weighted by molar-refractivity contribution is -0.140. The molecule has 0 fully saturated rings. The summed E-state index contributed by atoms with van der Waals surface area (Å²) in [6.07, 6.45) is 1.69. The topological polar surface area (TPSA) is 135 Å². The predicted octanol–water partition coefficient (Wildman–Crippen LogP) is 3.05. The molecule has 0 amide bonds. The first-order chi connectivity index (χ1) is 19.6. The third-order valence-corrected chi connectivity index (χ3v) is 7.73. The molecule has 2 aromatic carbocycles. The van der Waals surface area contributed by atoms with Gasteiger partial charge in [-0.1, -0.05) is 17.4 Å². The van der Waals surface area contributed by atoms with Crippen LogP contribution in [0.25, 0.3) is 6.08 Å². The molecule has 4 rings (SSSR count). The summed E-state index contributed by atoms with van der Waals surface area (Å²) in [6, 6.07) is 7.51. The second kappa shape index (κ2) is 12.6. The van der Waals surface area contributed by atoms with Gasteiger partial charge in [0.1, 0.15) is 5.75 Å². The van der Waals surface area contributed by atoms with Crippen LogP contribution in [0.2, 0.25) is 0 Å². The van der Waals surface area contributed by atoms with Crippen LogP contribution < -0.4 is 33.8 Å². The minimum Gasteiger partial charge on any atom is -0.493 e. The van der Waals surface area contributed by atoms with Crippen molar-refractivity contribution in [1.29, 1.82) is 0 Å². The Bertz CT molecular complexity index is 1700. The molecule has 0 saturated carbocycles. The van der Waals surface area contributed by atoms with Gasteiger partial charge in [-0.2, -0.15) is 0 Å². The van der Waals surface area contributed by atoms with E-state index in [2.05, 4.69) is 20.9 Å². The molecule has 1 atom stereocenters. The molecule has 0 saturated heterocycles. The molecule has 13 heteroatoms. The fraction of sp³-hybridized carbons (Fsp3) is 0.286. The Balaban J connectivity index is 1.92. The zero-order valence-electron chi connectivity index (χ0n) is 22.8. The molecule has 0 bridgehead atoms. The number of carbonyl (C=O) groups excluding carboxylic acids is 1. The number of fused-ring (bicyclic) bond motifs is 1. The zero-order valence-corrected chi connectivity index (χ0v) is 25.3. The predicted molar refractivity (Wildman–Crippen MR) is 154 cm³/mol. The average molecular weight is 648 g/mol. The smallest absolute Gasteiger partial charge is 0.341 e. The van der Waals surface area contributed by atoms with Gasteiger partial charge in [0, 0.05) is 0 Å². The molecule has 41 heavy (non-hydrogen) atoms. The van der Waals surface area contributed by atoms with Crippen LogP contribution in [0.15, 0.2) is 55.9 Å². The summed E-state index contributed by atoms with van der Waals surface area (Å²) in [5, 5.41) is 8.87. The normalized spacial score (nSPS) is 14.7. The van der Waals surface area contributed by atoms with Crippen LogP contribution in [0.4, 0.5) is 0 Å². The van der Waals surface area contributed by atoms with E-state index in [1.54, 1.807) is 50.3 Å². The van der Waals surface area contributed by atoms with Crippen molar-refractivity contribution in [2.75, 3.05) is 34.5 Å². The fourth-order valence-corrected chi connectivity index (χ4v) is 5.94. The molecule has 0 spiro atoms. The Morgan fingerprint density at radius 1 is 1.10 bits per heavy atom. The molecule has 3 aromatic rings. The summed E-state index contributed by atoms with van der Waals surface area (Å²) in [5.74, 6) is -0.258. The van der Waals surface area contributed by atoms with Gasteiger partial charge in [-0.3, -0.25) is 9.36 Å². The van der Waals surface area contributed by atoms with E-state index in [1.807, 2.05) is 0 Å². The first-order valence-electron chi connectivity index (χ1n) is 12.3. The van der Waals surface area contributed by atoms with Crippen LogP contribution in [-0.2, 0) is 14.3 Å². The van der Waals surface area contributed by atoms with Gasteiger partial charge < -0.3 is 28.8 Å². The standard InChI is InChI=1S/C28H27BrN2O9S/c1-6-39-27(35)23-14(2)30-28-31(24(23)16-11-19(36-3)25(38-5)20(12-16)37-4)26(34)21(41-28)10-15-7-8-18(17(29)9-15)40-13-22(32)33/h7-12,24H,6,13H2,1-5H3,(H,32,33)/b21-10+/t24-/m1/s1. The number of ether oxygens (including phenoxy) is 5.